The van der Waals surface area contributed by atoms with Crippen molar-refractivity contribution in [3.8, 4) is 0 Å². The molecule has 3 N–H and O–H groups in total. The molecule has 168 valence electrons. The molecule has 0 aromatic heterocycles. The van der Waals surface area contributed by atoms with Crippen LogP contribution in [0.4, 0.5) is 11.4 Å². The van der Waals surface area contributed by atoms with E-state index in [1.165, 1.54) is 48.5 Å². The van der Waals surface area contributed by atoms with E-state index in [1.54, 1.807) is 0 Å². The number of sulfonamides is 1. The number of nitrogens with two attached hydrogens (primary N) is 1. The lowest BCUT2D eigenvalue weighted by molar-refractivity contribution is -0.120. The van der Waals surface area contributed by atoms with E-state index in [9.17, 15) is 22.8 Å². The van der Waals surface area contributed by atoms with Gasteiger partial charge in [-0.1, -0.05) is 24.9 Å². The fourth-order valence-corrected chi connectivity index (χ4v) is 4.14. The summed E-state index contributed by atoms with van der Waals surface area (Å²) in [4.78, 5) is 37.9. The molecule has 0 unspecified atom stereocenters. The van der Waals surface area contributed by atoms with E-state index in [2.05, 4.69) is 4.72 Å². The summed E-state index contributed by atoms with van der Waals surface area (Å²) in [6.07, 6.45) is 1.61. The quantitative estimate of drug-likeness (QED) is 0.258. The second-order valence-corrected chi connectivity index (χ2v) is 8.91. The minimum absolute atomic E-state index is 0.116. The van der Waals surface area contributed by atoms with Gasteiger partial charge in [-0.25, -0.2) is 18.1 Å². The number of imide groups is 1. The number of hydrogen-bond donors (Lipinski definition) is 2. The zero-order chi connectivity index (χ0) is 23.5. The highest BCUT2D eigenvalue weighted by Gasteiger charge is 2.40. The number of nitrogens with one attached hydrogen (secondary N) is 1. The first kappa shape index (κ1) is 23.3. The van der Waals surface area contributed by atoms with Crippen molar-refractivity contribution in [3.63, 3.8) is 0 Å². The fraction of sp³-hybridized carbons (Fsp3) is 0.190. The van der Waals surface area contributed by atoms with Gasteiger partial charge in [0.05, 0.1) is 22.8 Å². The maximum Gasteiger partial charge on any atom is 0.338 e. The van der Waals surface area contributed by atoms with Gasteiger partial charge in [0.25, 0.3) is 21.8 Å². The molecule has 1 heterocycles. The third-order valence-corrected chi connectivity index (χ3v) is 6.26. The van der Waals surface area contributed by atoms with E-state index in [0.717, 1.165) is 17.7 Å². The number of carbonyl (C=O) groups excluding carboxylic acids is 3. The van der Waals surface area contributed by atoms with Crippen molar-refractivity contribution in [1.82, 2.24) is 4.72 Å². The van der Waals surface area contributed by atoms with Crippen molar-refractivity contribution >= 4 is 50.8 Å². The lowest BCUT2D eigenvalue weighted by atomic mass is 10.2. The molecule has 1 aliphatic rings. The van der Waals surface area contributed by atoms with Crippen molar-refractivity contribution in [1.29, 1.82) is 0 Å². The standard InChI is InChI=1S/C21H20ClN3O6S/c1-2-3-12-31-21(28)13-4-8-15(9-5-13)25-19(26)17(22)18(20(25)27)24-32(29,30)16-10-6-14(23)7-11-16/h4-11,24H,2-3,12,23H2,1H3. The number of nitrogens with zero attached hydrogens (tertiary/aromatic N) is 1. The number of carbonyl (C=O) groups is 3. The molecule has 1 aliphatic heterocycles. The Morgan fingerprint density at radius 2 is 1.69 bits per heavy atom. The van der Waals surface area contributed by atoms with Crippen LogP contribution < -0.4 is 15.4 Å². The van der Waals surface area contributed by atoms with Crippen LogP contribution in [0.2, 0.25) is 0 Å². The first-order chi connectivity index (χ1) is 15.2. The maximum atomic E-state index is 12.8. The molecule has 0 aliphatic carbocycles. The fourth-order valence-electron chi connectivity index (χ4n) is 2.81. The minimum atomic E-state index is -4.19. The zero-order valence-electron chi connectivity index (χ0n) is 17.0. The number of benzene rings is 2. The number of anilines is 2. The van der Waals surface area contributed by atoms with Crippen LogP contribution >= 0.6 is 11.6 Å². The molecule has 0 fully saturated rings. The summed E-state index contributed by atoms with van der Waals surface area (Å²) >= 11 is 5.99. The molecule has 0 saturated carbocycles. The zero-order valence-corrected chi connectivity index (χ0v) is 18.6. The number of hydrogen-bond acceptors (Lipinski definition) is 7. The lowest BCUT2D eigenvalue weighted by Crippen LogP contribution is -2.35. The third-order valence-electron chi connectivity index (χ3n) is 4.55. The summed E-state index contributed by atoms with van der Waals surface area (Å²) in [5, 5.41) is -0.572. The Morgan fingerprint density at radius 1 is 1.06 bits per heavy atom. The number of unbranched alkanes of at least 4 members (excludes halogenated alkanes) is 1. The summed E-state index contributed by atoms with van der Waals surface area (Å²) in [6, 6.07) is 10.8. The Labute approximate surface area is 189 Å². The van der Waals surface area contributed by atoms with E-state index < -0.39 is 38.5 Å². The summed E-state index contributed by atoms with van der Waals surface area (Å²) in [6.45, 7) is 2.26. The molecule has 2 aromatic rings. The Morgan fingerprint density at radius 3 is 2.28 bits per heavy atom. The van der Waals surface area contributed by atoms with Crippen molar-refractivity contribution in [2.24, 2.45) is 0 Å². The lowest BCUT2D eigenvalue weighted by Gasteiger charge is -2.15. The monoisotopic (exact) mass is 477 g/mol. The van der Waals surface area contributed by atoms with Crippen molar-refractivity contribution < 1.29 is 27.5 Å². The molecule has 32 heavy (non-hydrogen) atoms. The molecular formula is C21H20ClN3O6S. The molecule has 0 bridgehead atoms. The number of nitrogen functional groups attached to an aromatic ring is 1. The third kappa shape index (κ3) is 4.76. The first-order valence-corrected chi connectivity index (χ1v) is 11.5. The Bertz CT molecular complexity index is 1190. The molecule has 0 radical (unpaired) electrons. The number of halogens is 1. The van der Waals surface area contributed by atoms with Gasteiger partial charge in [0, 0.05) is 5.69 Å². The highest BCUT2D eigenvalue weighted by atomic mass is 35.5. The predicted octanol–water partition coefficient (Wildman–Crippen LogP) is 2.53. The summed E-state index contributed by atoms with van der Waals surface area (Å²) < 4.78 is 32.4. The van der Waals surface area contributed by atoms with Gasteiger partial charge >= 0.3 is 5.97 Å². The minimum Gasteiger partial charge on any atom is -0.462 e. The van der Waals surface area contributed by atoms with Crippen molar-refractivity contribution in [3.05, 3.63) is 64.8 Å². The van der Waals surface area contributed by atoms with Gasteiger partial charge in [-0.05, 0) is 55.0 Å². The van der Waals surface area contributed by atoms with E-state index >= 15 is 0 Å². The number of amides is 2. The molecule has 9 nitrogen and oxygen atoms in total. The molecule has 2 amide bonds. The predicted molar refractivity (Wildman–Crippen MR) is 118 cm³/mol. The van der Waals surface area contributed by atoms with Crippen LogP contribution in [0.5, 0.6) is 0 Å². The topological polar surface area (TPSA) is 136 Å². The van der Waals surface area contributed by atoms with Gasteiger partial charge in [0.15, 0.2) is 0 Å². The summed E-state index contributed by atoms with van der Waals surface area (Å²) in [5.41, 5.74) is 5.70. The summed E-state index contributed by atoms with van der Waals surface area (Å²) in [5.74, 6) is -2.38. The van der Waals surface area contributed by atoms with E-state index in [4.69, 9.17) is 22.1 Å². The van der Waals surface area contributed by atoms with Gasteiger partial charge < -0.3 is 10.5 Å². The van der Waals surface area contributed by atoms with Crippen LogP contribution in [0.3, 0.4) is 0 Å². The van der Waals surface area contributed by atoms with E-state index in [1.807, 2.05) is 6.92 Å². The maximum absolute atomic E-state index is 12.8. The molecule has 0 saturated heterocycles. The van der Waals surface area contributed by atoms with Gasteiger partial charge in [-0.15, -0.1) is 0 Å². The van der Waals surface area contributed by atoms with E-state index in [0.29, 0.717) is 5.69 Å². The van der Waals surface area contributed by atoms with Gasteiger partial charge in [0.1, 0.15) is 10.7 Å². The molecule has 2 aromatic carbocycles. The normalized spacial score (nSPS) is 14.1. The highest BCUT2D eigenvalue weighted by molar-refractivity contribution is 7.89. The second kappa shape index (κ2) is 9.41. The smallest absolute Gasteiger partial charge is 0.338 e. The van der Waals surface area contributed by atoms with Crippen LogP contribution in [0.15, 0.2) is 64.2 Å². The van der Waals surface area contributed by atoms with Crippen LogP contribution in [0, 0.1) is 0 Å². The highest BCUT2D eigenvalue weighted by Crippen LogP contribution is 2.29. The average molecular weight is 478 g/mol. The summed E-state index contributed by atoms with van der Waals surface area (Å²) in [7, 11) is -4.19. The Balaban J connectivity index is 1.79. The second-order valence-electron chi connectivity index (χ2n) is 6.85. The van der Waals surface area contributed by atoms with Crippen molar-refractivity contribution in [2.75, 3.05) is 17.2 Å². The number of ether oxygens (including phenoxy) is 1. The first-order valence-electron chi connectivity index (χ1n) is 9.60. The Kier molecular flexibility index (Phi) is 6.85. The molecule has 3 rings (SSSR count). The van der Waals surface area contributed by atoms with Crippen molar-refractivity contribution in [2.45, 2.75) is 24.7 Å². The molecule has 0 atom stereocenters. The number of rotatable bonds is 8. The van der Waals surface area contributed by atoms with Gasteiger partial charge in [-0.3, -0.25) is 14.3 Å². The molecule has 11 heteroatoms. The van der Waals surface area contributed by atoms with E-state index in [-0.39, 0.29) is 22.8 Å². The van der Waals surface area contributed by atoms with Crippen LogP contribution in [0.1, 0.15) is 30.1 Å². The molecule has 0 spiro atoms. The van der Waals surface area contributed by atoms with Gasteiger partial charge in [0.2, 0.25) is 0 Å². The molecular weight excluding hydrogens is 458 g/mol. The van der Waals surface area contributed by atoms with Crippen LogP contribution in [-0.2, 0) is 24.3 Å². The Hall–Kier alpha value is -3.37. The van der Waals surface area contributed by atoms with Gasteiger partial charge in [-0.2, -0.15) is 0 Å². The average Bonchev–Trinajstić information content (AvgIpc) is 2.97. The van der Waals surface area contributed by atoms with Crippen LogP contribution in [-0.4, -0.2) is 32.8 Å². The number of esters is 1. The largest absolute Gasteiger partial charge is 0.462 e. The SMILES string of the molecule is CCCCOC(=O)c1ccc(N2C(=O)C(Cl)=C(NS(=O)(=O)c3ccc(N)cc3)C2=O)cc1. The van der Waals surface area contributed by atoms with Crippen LogP contribution in [0.25, 0.3) is 0 Å².